The number of phenols is 1. The summed E-state index contributed by atoms with van der Waals surface area (Å²) in [5.41, 5.74) is 1.33. The van der Waals surface area contributed by atoms with E-state index in [0.29, 0.717) is 5.75 Å². The largest absolute Gasteiger partial charge is 0.504 e. The topological polar surface area (TPSA) is 54.0 Å². The van der Waals surface area contributed by atoms with Crippen molar-refractivity contribution in [3.8, 4) is 11.5 Å². The van der Waals surface area contributed by atoms with Crippen LogP contribution in [0.1, 0.15) is 12.0 Å². The van der Waals surface area contributed by atoms with Crippen molar-refractivity contribution in [2.24, 2.45) is 0 Å². The van der Waals surface area contributed by atoms with Gasteiger partial charge in [0.25, 0.3) is 0 Å². The molecule has 1 aromatic carbocycles. The highest BCUT2D eigenvalue weighted by Crippen LogP contribution is 2.33. The molecule has 2 saturated heterocycles. The van der Waals surface area contributed by atoms with Gasteiger partial charge in [-0.2, -0.15) is 11.8 Å². The second kappa shape index (κ2) is 7.75. The van der Waals surface area contributed by atoms with Gasteiger partial charge in [0.1, 0.15) is 0 Å². The molecule has 23 heavy (non-hydrogen) atoms. The Kier molecular flexibility index (Phi) is 5.69. The lowest BCUT2D eigenvalue weighted by Crippen LogP contribution is -2.58. The Labute approximate surface area is 142 Å². The van der Waals surface area contributed by atoms with Gasteiger partial charge in [0, 0.05) is 37.5 Å². The molecule has 6 heteroatoms. The maximum atomic E-state index is 9.88. The number of methoxy groups -OCH3 is 1. The Morgan fingerprint density at radius 2 is 2.22 bits per heavy atom. The number of benzene rings is 1. The quantitative estimate of drug-likeness (QED) is 0.823. The standard InChI is InChI=1S/C17H26N2O3S/c1-21-16-3-2-14(10-15(16)20)11-18-12-17(4-9-23-13-17)19-5-7-22-8-6-19/h2-3,10,18,20H,4-9,11-13H2,1H3. The van der Waals surface area contributed by atoms with Gasteiger partial charge in [-0.25, -0.2) is 0 Å². The number of aromatic hydroxyl groups is 1. The average molecular weight is 338 g/mol. The van der Waals surface area contributed by atoms with E-state index in [2.05, 4.69) is 10.2 Å². The van der Waals surface area contributed by atoms with Gasteiger partial charge in [-0.05, 0) is 29.9 Å². The van der Waals surface area contributed by atoms with Crippen LogP contribution in [0.3, 0.4) is 0 Å². The van der Waals surface area contributed by atoms with Gasteiger partial charge in [-0.15, -0.1) is 0 Å². The zero-order valence-corrected chi connectivity index (χ0v) is 14.5. The first kappa shape index (κ1) is 16.9. The molecule has 0 amide bonds. The summed E-state index contributed by atoms with van der Waals surface area (Å²) < 4.78 is 10.6. The highest BCUT2D eigenvalue weighted by molar-refractivity contribution is 7.99. The summed E-state index contributed by atoms with van der Waals surface area (Å²) in [6.07, 6.45) is 1.23. The molecule has 0 spiro atoms. The third kappa shape index (κ3) is 3.94. The number of ether oxygens (including phenoxy) is 2. The van der Waals surface area contributed by atoms with Crippen molar-refractivity contribution in [2.45, 2.75) is 18.5 Å². The van der Waals surface area contributed by atoms with E-state index in [0.717, 1.165) is 45.0 Å². The zero-order valence-electron chi connectivity index (χ0n) is 13.7. The van der Waals surface area contributed by atoms with Gasteiger partial charge in [-0.1, -0.05) is 6.07 Å². The molecule has 2 fully saturated rings. The minimum absolute atomic E-state index is 0.200. The van der Waals surface area contributed by atoms with Crippen LogP contribution in [-0.2, 0) is 11.3 Å². The van der Waals surface area contributed by atoms with Crippen molar-refractivity contribution in [3.63, 3.8) is 0 Å². The summed E-state index contributed by atoms with van der Waals surface area (Å²) >= 11 is 2.05. The SMILES string of the molecule is COc1ccc(CNCC2(N3CCOCC3)CCSC2)cc1O. The molecule has 0 saturated carbocycles. The first-order valence-corrected chi connectivity index (χ1v) is 9.36. The van der Waals surface area contributed by atoms with Crippen molar-refractivity contribution in [2.75, 3.05) is 51.5 Å². The normalized spacial score (nSPS) is 25.6. The van der Waals surface area contributed by atoms with Crippen LogP contribution in [0.2, 0.25) is 0 Å². The lowest BCUT2D eigenvalue weighted by atomic mass is 9.95. The van der Waals surface area contributed by atoms with Crippen LogP contribution < -0.4 is 10.1 Å². The highest BCUT2D eigenvalue weighted by Gasteiger charge is 2.40. The van der Waals surface area contributed by atoms with Crippen LogP contribution >= 0.6 is 11.8 Å². The molecule has 0 aliphatic carbocycles. The molecule has 3 rings (SSSR count). The average Bonchev–Trinajstić information content (AvgIpc) is 3.06. The van der Waals surface area contributed by atoms with Gasteiger partial charge >= 0.3 is 0 Å². The second-order valence-electron chi connectivity index (χ2n) is 6.24. The van der Waals surface area contributed by atoms with Crippen molar-refractivity contribution in [1.29, 1.82) is 0 Å². The Morgan fingerprint density at radius 3 is 2.87 bits per heavy atom. The van der Waals surface area contributed by atoms with Crippen molar-refractivity contribution < 1.29 is 14.6 Å². The van der Waals surface area contributed by atoms with Crippen molar-refractivity contribution >= 4 is 11.8 Å². The van der Waals surface area contributed by atoms with Crippen LogP contribution in [0, 0.1) is 0 Å². The Bertz CT molecular complexity index is 515. The Hall–Kier alpha value is -0.950. The van der Waals surface area contributed by atoms with E-state index in [-0.39, 0.29) is 11.3 Å². The minimum atomic E-state index is 0.200. The predicted molar refractivity (Wildman–Crippen MR) is 93.4 cm³/mol. The molecular weight excluding hydrogens is 312 g/mol. The third-order valence-electron chi connectivity index (χ3n) is 4.79. The fraction of sp³-hybridized carbons (Fsp3) is 0.647. The number of phenolic OH excluding ortho intramolecular Hbond substituents is 1. The van der Waals surface area contributed by atoms with Gasteiger partial charge in [0.2, 0.25) is 0 Å². The molecule has 2 aliphatic heterocycles. The molecular formula is C17H26N2O3S. The molecule has 0 radical (unpaired) electrons. The van der Waals surface area contributed by atoms with Crippen LogP contribution in [0.15, 0.2) is 18.2 Å². The van der Waals surface area contributed by atoms with Gasteiger partial charge in [0.05, 0.1) is 20.3 Å². The highest BCUT2D eigenvalue weighted by atomic mass is 32.2. The van der Waals surface area contributed by atoms with Crippen molar-refractivity contribution in [1.82, 2.24) is 10.2 Å². The lowest BCUT2D eigenvalue weighted by molar-refractivity contribution is -0.0134. The molecule has 1 atom stereocenters. The van der Waals surface area contributed by atoms with Crippen LogP contribution in [0.25, 0.3) is 0 Å². The molecule has 2 N–H and O–H groups in total. The van der Waals surface area contributed by atoms with Gasteiger partial charge < -0.3 is 19.9 Å². The smallest absolute Gasteiger partial charge is 0.160 e. The number of hydrogen-bond donors (Lipinski definition) is 2. The minimum Gasteiger partial charge on any atom is -0.504 e. The molecule has 0 bridgehead atoms. The van der Waals surface area contributed by atoms with Gasteiger partial charge in [0.15, 0.2) is 11.5 Å². The van der Waals surface area contributed by atoms with E-state index in [1.54, 1.807) is 13.2 Å². The maximum absolute atomic E-state index is 9.88. The number of thioether (sulfide) groups is 1. The summed E-state index contributed by atoms with van der Waals surface area (Å²) in [5.74, 6) is 3.15. The molecule has 2 aliphatic rings. The third-order valence-corrected chi connectivity index (χ3v) is 6.03. The maximum Gasteiger partial charge on any atom is 0.160 e. The van der Waals surface area contributed by atoms with E-state index >= 15 is 0 Å². The number of morpholine rings is 1. The second-order valence-corrected chi connectivity index (χ2v) is 7.34. The van der Waals surface area contributed by atoms with E-state index in [1.165, 1.54) is 17.9 Å². The Morgan fingerprint density at radius 1 is 1.39 bits per heavy atom. The molecule has 1 aromatic rings. The fourth-order valence-corrected chi connectivity index (χ4v) is 4.90. The molecule has 0 aromatic heterocycles. The van der Waals surface area contributed by atoms with Crippen molar-refractivity contribution in [3.05, 3.63) is 23.8 Å². The number of rotatable bonds is 6. The summed E-state index contributed by atoms with van der Waals surface area (Å²) in [5, 5.41) is 13.5. The number of hydrogen-bond acceptors (Lipinski definition) is 6. The molecule has 1 unspecified atom stereocenters. The lowest BCUT2D eigenvalue weighted by Gasteiger charge is -2.43. The van der Waals surface area contributed by atoms with E-state index in [4.69, 9.17) is 9.47 Å². The monoisotopic (exact) mass is 338 g/mol. The predicted octanol–water partition coefficient (Wildman–Crippen LogP) is 1.70. The number of nitrogens with one attached hydrogen (secondary N) is 1. The molecule has 128 valence electrons. The molecule has 5 nitrogen and oxygen atoms in total. The van der Waals surface area contributed by atoms with E-state index in [9.17, 15) is 5.11 Å². The summed E-state index contributed by atoms with van der Waals surface area (Å²) in [7, 11) is 1.57. The van der Waals surface area contributed by atoms with Crippen LogP contribution in [-0.4, -0.2) is 67.0 Å². The van der Waals surface area contributed by atoms with E-state index < -0.39 is 0 Å². The van der Waals surface area contributed by atoms with Crippen LogP contribution in [0.5, 0.6) is 11.5 Å². The van der Waals surface area contributed by atoms with Gasteiger partial charge in [-0.3, -0.25) is 4.90 Å². The fourth-order valence-electron chi connectivity index (χ4n) is 3.42. The molecule has 2 heterocycles. The zero-order chi connectivity index (χ0) is 16.1. The first-order valence-electron chi connectivity index (χ1n) is 8.21. The summed E-state index contributed by atoms with van der Waals surface area (Å²) in [6.45, 7) is 5.50. The van der Waals surface area contributed by atoms with Crippen LogP contribution in [0.4, 0.5) is 0 Å². The Balaban J connectivity index is 1.58. The number of nitrogens with zero attached hydrogens (tertiary/aromatic N) is 1. The van der Waals surface area contributed by atoms with E-state index in [1.807, 2.05) is 23.9 Å². The summed E-state index contributed by atoms with van der Waals surface area (Å²) in [6, 6.07) is 5.59. The first-order chi connectivity index (χ1) is 11.2. The summed E-state index contributed by atoms with van der Waals surface area (Å²) in [4.78, 5) is 2.61.